The third-order valence-corrected chi connectivity index (χ3v) is 3.03. The molecule has 128 valence electrons. The van der Waals surface area contributed by atoms with Crippen molar-refractivity contribution in [2.75, 3.05) is 26.9 Å². The van der Waals surface area contributed by atoms with Crippen molar-refractivity contribution in [1.29, 1.82) is 0 Å². The van der Waals surface area contributed by atoms with Gasteiger partial charge in [0.2, 0.25) is 0 Å². The fourth-order valence-electron chi connectivity index (χ4n) is 1.99. The zero-order chi connectivity index (χ0) is 17.2. The van der Waals surface area contributed by atoms with Gasteiger partial charge in [-0.25, -0.2) is 0 Å². The molecule has 23 heavy (non-hydrogen) atoms. The van der Waals surface area contributed by atoms with Crippen molar-refractivity contribution in [3.8, 4) is 11.5 Å². The number of carbonyl (C=O) groups is 1. The van der Waals surface area contributed by atoms with Crippen LogP contribution in [0.1, 0.15) is 25.3 Å². The molecule has 0 aromatic heterocycles. The molecule has 0 amide bonds. The van der Waals surface area contributed by atoms with Gasteiger partial charge in [0.15, 0.2) is 11.5 Å². The fourth-order valence-corrected chi connectivity index (χ4v) is 1.99. The Morgan fingerprint density at radius 2 is 2.09 bits per heavy atom. The summed E-state index contributed by atoms with van der Waals surface area (Å²) >= 11 is 0. The number of methoxy groups -OCH3 is 1. The SMILES string of the molecule is CCOC(=O)CCCOc1cc([N+](=O)[O-])c(CCO)cc1OC. The largest absolute Gasteiger partial charge is 0.493 e. The van der Waals surface area contributed by atoms with E-state index in [1.165, 1.54) is 19.2 Å². The Kier molecular flexibility index (Phi) is 7.82. The molecule has 0 aliphatic heterocycles. The summed E-state index contributed by atoms with van der Waals surface area (Å²) in [5.74, 6) is 0.257. The number of nitro benzene ring substituents is 1. The number of rotatable bonds is 10. The van der Waals surface area contributed by atoms with Crippen molar-refractivity contribution >= 4 is 11.7 Å². The third-order valence-electron chi connectivity index (χ3n) is 3.03. The lowest BCUT2D eigenvalue weighted by Crippen LogP contribution is -2.08. The van der Waals surface area contributed by atoms with Gasteiger partial charge in [-0.3, -0.25) is 14.9 Å². The average molecular weight is 327 g/mol. The maximum atomic E-state index is 11.2. The third kappa shape index (κ3) is 5.74. The zero-order valence-electron chi connectivity index (χ0n) is 13.2. The smallest absolute Gasteiger partial charge is 0.305 e. The quantitative estimate of drug-likeness (QED) is 0.302. The van der Waals surface area contributed by atoms with Gasteiger partial charge < -0.3 is 19.3 Å². The molecule has 0 saturated carbocycles. The first-order chi connectivity index (χ1) is 11.0. The van der Waals surface area contributed by atoms with Gasteiger partial charge in [-0.1, -0.05) is 0 Å². The van der Waals surface area contributed by atoms with Crippen molar-refractivity contribution in [3.05, 3.63) is 27.8 Å². The summed E-state index contributed by atoms with van der Waals surface area (Å²) in [6.07, 6.45) is 0.783. The van der Waals surface area contributed by atoms with E-state index in [9.17, 15) is 14.9 Å². The van der Waals surface area contributed by atoms with Crippen molar-refractivity contribution in [2.45, 2.75) is 26.2 Å². The van der Waals surface area contributed by atoms with E-state index < -0.39 is 4.92 Å². The molecular weight excluding hydrogens is 306 g/mol. The molecule has 8 heteroatoms. The van der Waals surface area contributed by atoms with E-state index >= 15 is 0 Å². The first-order valence-corrected chi connectivity index (χ1v) is 7.28. The second-order valence-corrected chi connectivity index (χ2v) is 4.62. The Morgan fingerprint density at radius 3 is 2.65 bits per heavy atom. The van der Waals surface area contributed by atoms with Gasteiger partial charge in [0.1, 0.15) is 0 Å². The van der Waals surface area contributed by atoms with E-state index in [1.54, 1.807) is 6.92 Å². The van der Waals surface area contributed by atoms with E-state index in [4.69, 9.17) is 19.3 Å². The molecule has 0 fully saturated rings. The lowest BCUT2D eigenvalue weighted by molar-refractivity contribution is -0.385. The monoisotopic (exact) mass is 327 g/mol. The molecule has 1 aromatic rings. The molecule has 0 unspecified atom stereocenters. The second kappa shape index (κ2) is 9.62. The molecule has 0 atom stereocenters. The number of ether oxygens (including phenoxy) is 3. The van der Waals surface area contributed by atoms with E-state index in [2.05, 4.69) is 0 Å². The van der Waals surface area contributed by atoms with Crippen molar-refractivity contribution in [1.82, 2.24) is 0 Å². The Morgan fingerprint density at radius 1 is 1.35 bits per heavy atom. The topological polar surface area (TPSA) is 108 Å². The Labute approximate surface area is 134 Å². The molecule has 0 saturated heterocycles. The van der Waals surface area contributed by atoms with E-state index in [-0.39, 0.29) is 43.5 Å². The van der Waals surface area contributed by atoms with Crippen LogP contribution in [0.3, 0.4) is 0 Å². The highest BCUT2D eigenvalue weighted by atomic mass is 16.6. The van der Waals surface area contributed by atoms with Gasteiger partial charge in [0.25, 0.3) is 5.69 Å². The molecule has 0 radical (unpaired) electrons. The minimum absolute atomic E-state index is 0.139. The maximum Gasteiger partial charge on any atom is 0.305 e. The highest BCUT2D eigenvalue weighted by Crippen LogP contribution is 2.35. The standard InChI is InChI=1S/C15H21NO7/c1-3-22-15(18)5-4-8-23-14-10-12(16(19)20)11(6-7-17)9-13(14)21-2/h9-10,17H,3-8H2,1-2H3. The number of hydrogen-bond donors (Lipinski definition) is 1. The summed E-state index contributed by atoms with van der Waals surface area (Å²) in [5.41, 5.74) is 0.230. The molecule has 1 rings (SSSR count). The minimum atomic E-state index is -0.532. The molecule has 1 aromatic carbocycles. The molecule has 0 aliphatic rings. The van der Waals surface area contributed by atoms with Gasteiger partial charge in [0.05, 0.1) is 31.3 Å². The van der Waals surface area contributed by atoms with Crippen LogP contribution >= 0.6 is 0 Å². The zero-order valence-corrected chi connectivity index (χ0v) is 13.2. The van der Waals surface area contributed by atoms with Crippen molar-refractivity contribution in [2.24, 2.45) is 0 Å². The van der Waals surface area contributed by atoms with Crippen molar-refractivity contribution in [3.63, 3.8) is 0 Å². The van der Waals surface area contributed by atoms with Crippen LogP contribution in [-0.2, 0) is 16.0 Å². The number of hydrogen-bond acceptors (Lipinski definition) is 7. The molecule has 1 N–H and O–H groups in total. The van der Waals surface area contributed by atoms with Crippen molar-refractivity contribution < 1.29 is 29.0 Å². The number of esters is 1. The molecule has 0 bridgehead atoms. The Hall–Kier alpha value is -2.35. The first kappa shape index (κ1) is 18.7. The first-order valence-electron chi connectivity index (χ1n) is 7.28. The van der Waals surface area contributed by atoms with Crippen LogP contribution in [0.2, 0.25) is 0 Å². The molecule has 0 spiro atoms. The summed E-state index contributed by atoms with van der Waals surface area (Å²) in [6.45, 7) is 2.05. The Balaban J connectivity index is 2.78. The maximum absolute atomic E-state index is 11.2. The van der Waals surface area contributed by atoms with Gasteiger partial charge in [0, 0.05) is 25.0 Å². The van der Waals surface area contributed by atoms with Gasteiger partial charge >= 0.3 is 5.97 Å². The number of nitro groups is 1. The van der Waals surface area contributed by atoms with Gasteiger partial charge in [-0.15, -0.1) is 0 Å². The predicted molar refractivity (Wildman–Crippen MR) is 81.8 cm³/mol. The lowest BCUT2D eigenvalue weighted by atomic mass is 10.1. The van der Waals surface area contributed by atoms with E-state index in [0.29, 0.717) is 24.3 Å². The number of carbonyl (C=O) groups excluding carboxylic acids is 1. The summed E-state index contributed by atoms with van der Waals surface area (Å²) in [6, 6.07) is 2.75. The highest BCUT2D eigenvalue weighted by molar-refractivity contribution is 5.69. The van der Waals surface area contributed by atoms with E-state index in [1.807, 2.05) is 0 Å². The van der Waals surface area contributed by atoms with Crippen LogP contribution in [0.15, 0.2) is 12.1 Å². The van der Waals surface area contributed by atoms with Crippen LogP contribution in [0.25, 0.3) is 0 Å². The van der Waals surface area contributed by atoms with Crippen LogP contribution in [0.4, 0.5) is 5.69 Å². The summed E-state index contributed by atoms with van der Waals surface area (Å²) < 4.78 is 15.4. The molecular formula is C15H21NO7. The molecule has 8 nitrogen and oxygen atoms in total. The second-order valence-electron chi connectivity index (χ2n) is 4.62. The summed E-state index contributed by atoms with van der Waals surface area (Å²) in [7, 11) is 1.43. The number of nitrogens with zero attached hydrogens (tertiary/aromatic N) is 1. The number of aliphatic hydroxyl groups excluding tert-OH is 1. The lowest BCUT2D eigenvalue weighted by Gasteiger charge is -2.12. The fraction of sp³-hybridized carbons (Fsp3) is 0.533. The summed E-state index contributed by atoms with van der Waals surface area (Å²) in [4.78, 5) is 21.8. The van der Waals surface area contributed by atoms with Gasteiger partial charge in [-0.2, -0.15) is 0 Å². The number of aliphatic hydroxyl groups is 1. The average Bonchev–Trinajstić information content (AvgIpc) is 2.52. The predicted octanol–water partition coefficient (Wildman–Crippen LogP) is 1.86. The molecule has 0 aliphatic carbocycles. The Bertz CT molecular complexity index is 545. The van der Waals surface area contributed by atoms with Crippen LogP contribution in [0.5, 0.6) is 11.5 Å². The van der Waals surface area contributed by atoms with E-state index in [0.717, 1.165) is 0 Å². The minimum Gasteiger partial charge on any atom is -0.493 e. The van der Waals surface area contributed by atoms with Crippen LogP contribution in [0, 0.1) is 10.1 Å². The van der Waals surface area contributed by atoms with Gasteiger partial charge in [-0.05, 0) is 19.4 Å². The molecule has 0 heterocycles. The van der Waals surface area contributed by atoms with Crippen LogP contribution < -0.4 is 9.47 Å². The highest BCUT2D eigenvalue weighted by Gasteiger charge is 2.19. The summed E-state index contributed by atoms with van der Waals surface area (Å²) in [5, 5.41) is 20.1. The van der Waals surface area contributed by atoms with Crippen LogP contribution in [-0.4, -0.2) is 42.9 Å². The normalized spacial score (nSPS) is 10.2. The number of benzene rings is 1.